The van der Waals surface area contributed by atoms with Crippen molar-refractivity contribution in [3.63, 3.8) is 0 Å². The summed E-state index contributed by atoms with van der Waals surface area (Å²) in [5.41, 5.74) is 0.859. The van der Waals surface area contributed by atoms with Crippen molar-refractivity contribution < 1.29 is 9.84 Å². The van der Waals surface area contributed by atoms with Gasteiger partial charge in [-0.15, -0.1) is 0 Å². The first-order chi connectivity index (χ1) is 11.1. The molecule has 1 unspecified atom stereocenters. The van der Waals surface area contributed by atoms with Crippen molar-refractivity contribution in [1.82, 2.24) is 4.90 Å². The molecule has 2 fully saturated rings. The zero-order valence-corrected chi connectivity index (χ0v) is 13.9. The third kappa shape index (κ3) is 3.58. The number of rotatable bonds is 4. The highest BCUT2D eigenvalue weighted by atomic mass is 16.5. The number of nitriles is 1. The first-order valence-electron chi connectivity index (χ1n) is 8.73. The van der Waals surface area contributed by atoms with Crippen LogP contribution in [0, 0.1) is 11.3 Å². The average Bonchev–Trinajstić information content (AvgIpc) is 3.04. The SMILES string of the molecule is CCOC1CCN(C2CCC(O)(c3ccc(C#N)cc3)CC2)C1. The Morgan fingerprint density at radius 1 is 1.26 bits per heavy atom. The van der Waals surface area contributed by atoms with Gasteiger partial charge in [-0.1, -0.05) is 12.1 Å². The van der Waals surface area contributed by atoms with E-state index in [1.165, 1.54) is 0 Å². The number of ether oxygens (including phenoxy) is 1. The summed E-state index contributed by atoms with van der Waals surface area (Å²) in [4.78, 5) is 2.54. The Balaban J connectivity index is 1.58. The molecule has 0 radical (unpaired) electrons. The highest BCUT2D eigenvalue weighted by Crippen LogP contribution is 2.39. The fraction of sp³-hybridized carbons (Fsp3) is 0.632. The zero-order valence-electron chi connectivity index (χ0n) is 13.9. The van der Waals surface area contributed by atoms with Gasteiger partial charge in [0.2, 0.25) is 0 Å². The van der Waals surface area contributed by atoms with Gasteiger partial charge in [0.25, 0.3) is 0 Å². The van der Waals surface area contributed by atoms with Crippen molar-refractivity contribution in [1.29, 1.82) is 5.26 Å². The molecule has 1 saturated carbocycles. The van der Waals surface area contributed by atoms with Crippen LogP contribution in [0.5, 0.6) is 0 Å². The fourth-order valence-electron chi connectivity index (χ4n) is 4.05. The van der Waals surface area contributed by atoms with E-state index < -0.39 is 5.60 Å². The molecule has 1 N–H and O–H groups in total. The van der Waals surface area contributed by atoms with Crippen molar-refractivity contribution in [2.75, 3.05) is 19.7 Å². The fourth-order valence-corrected chi connectivity index (χ4v) is 4.05. The van der Waals surface area contributed by atoms with Crippen molar-refractivity contribution >= 4 is 0 Å². The van der Waals surface area contributed by atoms with Crippen LogP contribution in [0.4, 0.5) is 0 Å². The lowest BCUT2D eigenvalue weighted by atomic mass is 9.77. The molecular formula is C19H26N2O2. The van der Waals surface area contributed by atoms with Crippen LogP contribution in [0.3, 0.4) is 0 Å². The second-order valence-electron chi connectivity index (χ2n) is 6.81. The van der Waals surface area contributed by atoms with Crippen LogP contribution in [0.15, 0.2) is 24.3 Å². The van der Waals surface area contributed by atoms with Gasteiger partial charge in [-0.05, 0) is 56.7 Å². The summed E-state index contributed by atoms with van der Waals surface area (Å²) in [5, 5.41) is 19.9. The highest BCUT2D eigenvalue weighted by molar-refractivity contribution is 5.34. The molecule has 0 spiro atoms. The van der Waals surface area contributed by atoms with Crippen LogP contribution in [0.1, 0.15) is 50.2 Å². The van der Waals surface area contributed by atoms with Crippen LogP contribution in [0.25, 0.3) is 0 Å². The van der Waals surface area contributed by atoms with Crippen molar-refractivity contribution in [3.8, 4) is 6.07 Å². The minimum atomic E-state index is -0.733. The van der Waals surface area contributed by atoms with Crippen molar-refractivity contribution in [2.45, 2.75) is 56.8 Å². The Kier molecular flexibility index (Phi) is 5.01. The summed E-state index contributed by atoms with van der Waals surface area (Å²) in [6.45, 7) is 5.00. The van der Waals surface area contributed by atoms with E-state index >= 15 is 0 Å². The first kappa shape index (κ1) is 16.4. The molecule has 1 aromatic carbocycles. The summed E-state index contributed by atoms with van der Waals surface area (Å²) in [7, 11) is 0. The summed E-state index contributed by atoms with van der Waals surface area (Å²) >= 11 is 0. The van der Waals surface area contributed by atoms with Gasteiger partial charge in [0.1, 0.15) is 0 Å². The van der Waals surface area contributed by atoms with E-state index in [9.17, 15) is 5.11 Å². The Labute approximate surface area is 138 Å². The van der Waals surface area contributed by atoms with Crippen molar-refractivity contribution in [3.05, 3.63) is 35.4 Å². The standard InChI is InChI=1S/C19H26N2O2/c1-2-23-18-9-12-21(14-18)17-7-10-19(22,11-8-17)16-5-3-15(13-20)4-6-16/h3-6,17-18,22H,2,7-12,14H2,1H3. The molecule has 0 bridgehead atoms. The lowest BCUT2D eigenvalue weighted by Crippen LogP contribution is -2.42. The van der Waals surface area contributed by atoms with Gasteiger partial charge >= 0.3 is 0 Å². The summed E-state index contributed by atoms with van der Waals surface area (Å²) < 4.78 is 5.74. The monoisotopic (exact) mass is 314 g/mol. The third-order valence-corrected chi connectivity index (χ3v) is 5.43. The largest absolute Gasteiger partial charge is 0.385 e. The van der Waals surface area contributed by atoms with E-state index in [2.05, 4.69) is 17.9 Å². The Bertz CT molecular complexity index is 556. The van der Waals surface area contributed by atoms with E-state index in [-0.39, 0.29) is 0 Å². The molecule has 124 valence electrons. The molecule has 3 rings (SSSR count). The number of hydrogen-bond donors (Lipinski definition) is 1. The molecule has 4 heteroatoms. The van der Waals surface area contributed by atoms with Crippen LogP contribution >= 0.6 is 0 Å². The van der Waals surface area contributed by atoms with E-state index in [0.717, 1.165) is 57.4 Å². The average molecular weight is 314 g/mol. The summed E-state index contributed by atoms with van der Waals surface area (Å²) in [6.07, 6.45) is 5.15. The molecule has 1 aromatic rings. The van der Waals surface area contributed by atoms with Crippen LogP contribution in [-0.2, 0) is 10.3 Å². The topological polar surface area (TPSA) is 56.5 Å². The van der Waals surface area contributed by atoms with Gasteiger partial charge in [0, 0.05) is 25.7 Å². The second kappa shape index (κ2) is 7.00. The summed E-state index contributed by atoms with van der Waals surface area (Å²) in [6, 6.07) is 10.1. The quantitative estimate of drug-likeness (QED) is 0.928. The zero-order chi connectivity index (χ0) is 16.3. The van der Waals surface area contributed by atoms with Gasteiger partial charge in [-0.3, -0.25) is 4.90 Å². The predicted octanol–water partition coefficient (Wildman–Crippen LogP) is 2.80. The van der Waals surface area contributed by atoms with Crippen molar-refractivity contribution in [2.24, 2.45) is 0 Å². The molecule has 1 aliphatic heterocycles. The Morgan fingerprint density at radius 3 is 2.57 bits per heavy atom. The third-order valence-electron chi connectivity index (χ3n) is 5.43. The molecule has 1 saturated heterocycles. The maximum absolute atomic E-state index is 11.0. The Hall–Kier alpha value is -1.41. The van der Waals surface area contributed by atoms with Crippen LogP contribution < -0.4 is 0 Å². The van der Waals surface area contributed by atoms with Crippen LogP contribution in [-0.4, -0.2) is 41.8 Å². The molecular weight excluding hydrogens is 288 g/mol. The normalized spacial score (nSPS) is 31.9. The molecule has 1 heterocycles. The number of nitrogens with zero attached hydrogens (tertiary/aromatic N) is 2. The number of aliphatic hydroxyl groups is 1. The lowest BCUT2D eigenvalue weighted by Gasteiger charge is -2.40. The van der Waals surface area contributed by atoms with Gasteiger partial charge in [0.15, 0.2) is 0 Å². The van der Waals surface area contributed by atoms with E-state index in [0.29, 0.717) is 17.7 Å². The maximum atomic E-state index is 11.0. The van der Waals surface area contributed by atoms with Gasteiger partial charge in [0.05, 0.1) is 23.3 Å². The molecule has 23 heavy (non-hydrogen) atoms. The molecule has 2 aliphatic rings. The molecule has 1 aliphatic carbocycles. The minimum absolute atomic E-state index is 0.388. The smallest absolute Gasteiger partial charge is 0.0991 e. The van der Waals surface area contributed by atoms with Gasteiger partial charge in [-0.2, -0.15) is 5.26 Å². The van der Waals surface area contributed by atoms with Crippen LogP contribution in [0.2, 0.25) is 0 Å². The van der Waals surface area contributed by atoms with Gasteiger partial charge in [-0.25, -0.2) is 0 Å². The molecule has 1 atom stereocenters. The number of benzene rings is 1. The highest BCUT2D eigenvalue weighted by Gasteiger charge is 2.38. The molecule has 4 nitrogen and oxygen atoms in total. The van der Waals surface area contributed by atoms with E-state index in [4.69, 9.17) is 10.00 Å². The second-order valence-corrected chi connectivity index (χ2v) is 6.81. The molecule has 0 amide bonds. The summed E-state index contributed by atoms with van der Waals surface area (Å²) in [5.74, 6) is 0. The predicted molar refractivity (Wildman–Crippen MR) is 88.9 cm³/mol. The molecule has 0 aromatic heterocycles. The lowest BCUT2D eigenvalue weighted by molar-refractivity contribution is -0.0246. The van der Waals surface area contributed by atoms with Gasteiger partial charge < -0.3 is 9.84 Å². The van der Waals surface area contributed by atoms with E-state index in [1.54, 1.807) is 12.1 Å². The number of hydrogen-bond acceptors (Lipinski definition) is 4. The van der Waals surface area contributed by atoms with E-state index in [1.807, 2.05) is 12.1 Å². The minimum Gasteiger partial charge on any atom is -0.385 e. The Morgan fingerprint density at radius 2 is 1.96 bits per heavy atom. The maximum Gasteiger partial charge on any atom is 0.0991 e. The number of likely N-dealkylation sites (tertiary alicyclic amines) is 1. The first-order valence-corrected chi connectivity index (χ1v) is 8.73.